The van der Waals surface area contributed by atoms with Gasteiger partial charge in [0, 0.05) is 0 Å². The highest BCUT2D eigenvalue weighted by atomic mass is 19.4. The van der Waals surface area contributed by atoms with Gasteiger partial charge in [-0.2, -0.15) is 22.5 Å². The Morgan fingerprint density at radius 2 is 1.22 bits per heavy atom. The van der Waals surface area contributed by atoms with Crippen LogP contribution in [0.1, 0.15) is 0 Å². The molecule has 2 nitrogen and oxygen atoms in total. The van der Waals surface area contributed by atoms with Gasteiger partial charge in [-0.05, 0) is 12.1 Å². The first-order valence-corrected chi connectivity index (χ1v) is 5.38. The molecule has 12 heteroatoms. The van der Waals surface area contributed by atoms with Gasteiger partial charge in [0.25, 0.3) is 11.7 Å². The third kappa shape index (κ3) is 4.93. The molecule has 0 saturated carbocycles. The quantitative estimate of drug-likeness (QED) is 0.424. The average Bonchev–Trinajstić information content (AvgIpc) is 2.32. The second-order valence-corrected chi connectivity index (χ2v) is 3.80. The van der Waals surface area contributed by atoms with Crippen LogP contribution in [0.2, 0.25) is 0 Å². The molecule has 1 aromatic carbocycles. The molecule has 0 heterocycles. The Labute approximate surface area is 121 Å². The molecule has 23 heavy (non-hydrogen) atoms. The standard InChI is InChI=1S/C11H5F10NO/c12-8(22(10(16,17)18)11(19,20)21)7(9(13,14)15)23-6-4-2-1-3-5-6/h1-5H/b8-7+. The van der Waals surface area contributed by atoms with Crippen LogP contribution in [0.3, 0.4) is 0 Å². The Morgan fingerprint density at radius 3 is 1.57 bits per heavy atom. The molecule has 0 aliphatic rings. The van der Waals surface area contributed by atoms with Gasteiger partial charge in [-0.1, -0.05) is 18.2 Å². The van der Waals surface area contributed by atoms with Crippen molar-refractivity contribution in [2.45, 2.75) is 18.8 Å². The zero-order chi connectivity index (χ0) is 18.1. The van der Waals surface area contributed by atoms with Crippen molar-refractivity contribution < 1.29 is 48.6 Å². The Bertz CT molecular complexity index is 543. The summed E-state index contributed by atoms with van der Waals surface area (Å²) in [5.41, 5.74) is 0. The second kappa shape index (κ2) is 6.16. The summed E-state index contributed by atoms with van der Waals surface area (Å²) in [6, 6.07) is 4.99. The van der Waals surface area contributed by atoms with E-state index in [1.165, 1.54) is 6.07 Å². The molecule has 1 rings (SSSR count). The fourth-order valence-corrected chi connectivity index (χ4v) is 1.29. The molecule has 0 atom stereocenters. The summed E-state index contributed by atoms with van der Waals surface area (Å²) in [5.74, 6) is -7.57. The van der Waals surface area contributed by atoms with Crippen molar-refractivity contribution in [1.82, 2.24) is 4.90 Å². The van der Waals surface area contributed by atoms with Gasteiger partial charge in [0.2, 0.25) is 0 Å². The van der Waals surface area contributed by atoms with Gasteiger partial charge in [0.1, 0.15) is 5.75 Å². The number of alkyl halides is 9. The van der Waals surface area contributed by atoms with E-state index in [0.717, 1.165) is 24.3 Å². The van der Waals surface area contributed by atoms with Gasteiger partial charge in [0.15, 0.2) is 0 Å². The predicted molar refractivity (Wildman–Crippen MR) is 55.2 cm³/mol. The van der Waals surface area contributed by atoms with Crippen LogP contribution < -0.4 is 4.74 Å². The number of rotatable bonds is 3. The largest absolute Gasteiger partial charge is 0.493 e. The summed E-state index contributed by atoms with van der Waals surface area (Å²) in [5, 5.41) is 0. The number of nitrogens with zero attached hydrogens (tertiary/aromatic N) is 1. The number of allylic oxidation sites excluding steroid dienone is 1. The molecular weight excluding hydrogens is 352 g/mol. The molecule has 0 spiro atoms. The number of ether oxygens (including phenoxy) is 1. The zero-order valence-electron chi connectivity index (χ0n) is 10.5. The SMILES string of the molecule is F/C(=C(\Oc1ccccc1)C(F)(F)F)N(C(F)(F)F)C(F)(F)F. The van der Waals surface area contributed by atoms with Gasteiger partial charge in [0.05, 0.1) is 0 Å². The van der Waals surface area contributed by atoms with Crippen LogP contribution in [0.5, 0.6) is 5.75 Å². The smallest absolute Gasteiger partial charge is 0.448 e. The van der Waals surface area contributed by atoms with Crippen molar-refractivity contribution in [1.29, 1.82) is 0 Å². The molecule has 0 aliphatic heterocycles. The van der Waals surface area contributed by atoms with Gasteiger partial charge >= 0.3 is 18.8 Å². The number of para-hydroxylation sites is 1. The predicted octanol–water partition coefficient (Wildman–Crippen LogP) is 5.11. The van der Waals surface area contributed by atoms with E-state index in [4.69, 9.17) is 0 Å². The second-order valence-electron chi connectivity index (χ2n) is 3.80. The van der Waals surface area contributed by atoms with E-state index >= 15 is 0 Å². The Kier molecular flexibility index (Phi) is 5.07. The van der Waals surface area contributed by atoms with Gasteiger partial charge in [-0.25, -0.2) is 0 Å². The molecular formula is C11H5F10NO. The van der Waals surface area contributed by atoms with E-state index in [1.54, 1.807) is 0 Å². The van der Waals surface area contributed by atoms with E-state index in [0.29, 0.717) is 0 Å². The van der Waals surface area contributed by atoms with E-state index in [-0.39, 0.29) is 0 Å². The number of benzene rings is 1. The molecule has 0 radical (unpaired) electrons. The summed E-state index contributed by atoms with van der Waals surface area (Å²) >= 11 is 0. The molecule has 0 aromatic heterocycles. The highest BCUT2D eigenvalue weighted by Crippen LogP contribution is 2.41. The zero-order valence-corrected chi connectivity index (χ0v) is 10.5. The molecule has 0 N–H and O–H groups in total. The Hall–Kier alpha value is -2.14. The summed E-state index contributed by atoms with van der Waals surface area (Å²) in [4.78, 5) is -2.92. The van der Waals surface area contributed by atoms with Crippen LogP contribution in [0, 0.1) is 0 Å². The van der Waals surface area contributed by atoms with E-state index < -0.39 is 41.1 Å². The molecule has 0 aliphatic carbocycles. The monoisotopic (exact) mass is 357 g/mol. The lowest BCUT2D eigenvalue weighted by Gasteiger charge is -2.28. The summed E-state index contributed by atoms with van der Waals surface area (Å²) < 4.78 is 129. The molecule has 0 unspecified atom stereocenters. The lowest BCUT2D eigenvalue weighted by molar-refractivity contribution is -0.366. The van der Waals surface area contributed by atoms with Crippen LogP contribution in [-0.2, 0) is 0 Å². The lowest BCUT2D eigenvalue weighted by atomic mass is 10.3. The summed E-state index contributed by atoms with van der Waals surface area (Å²) in [6.45, 7) is 0. The van der Waals surface area contributed by atoms with Crippen molar-refractivity contribution >= 4 is 0 Å². The van der Waals surface area contributed by atoms with E-state index in [9.17, 15) is 43.9 Å². The minimum atomic E-state index is -6.49. The molecule has 0 amide bonds. The average molecular weight is 357 g/mol. The van der Waals surface area contributed by atoms with Crippen LogP contribution in [-0.4, -0.2) is 23.7 Å². The maximum absolute atomic E-state index is 13.4. The molecule has 130 valence electrons. The van der Waals surface area contributed by atoms with Crippen molar-refractivity contribution in [2.75, 3.05) is 0 Å². The van der Waals surface area contributed by atoms with E-state index in [2.05, 4.69) is 4.74 Å². The normalized spacial score (nSPS) is 14.3. The molecule has 1 aromatic rings. The van der Waals surface area contributed by atoms with Crippen LogP contribution in [0.4, 0.5) is 43.9 Å². The first-order chi connectivity index (χ1) is 10.2. The maximum atomic E-state index is 13.4. The Morgan fingerprint density at radius 1 is 0.783 bits per heavy atom. The topological polar surface area (TPSA) is 12.5 Å². The first-order valence-electron chi connectivity index (χ1n) is 5.38. The molecule has 0 bridgehead atoms. The van der Waals surface area contributed by atoms with Crippen molar-refractivity contribution in [2.24, 2.45) is 0 Å². The lowest BCUT2D eigenvalue weighted by Crippen LogP contribution is -2.47. The first kappa shape index (κ1) is 18.9. The van der Waals surface area contributed by atoms with Crippen molar-refractivity contribution in [3.8, 4) is 5.75 Å². The van der Waals surface area contributed by atoms with Gasteiger partial charge in [-0.3, -0.25) is 0 Å². The highest BCUT2D eigenvalue weighted by molar-refractivity contribution is 5.25. The van der Waals surface area contributed by atoms with Gasteiger partial charge < -0.3 is 4.74 Å². The van der Waals surface area contributed by atoms with Crippen LogP contribution in [0.25, 0.3) is 0 Å². The van der Waals surface area contributed by atoms with Crippen molar-refractivity contribution in [3.63, 3.8) is 0 Å². The summed E-state index contributed by atoms with van der Waals surface area (Å²) in [7, 11) is 0. The molecule has 0 fully saturated rings. The maximum Gasteiger partial charge on any atom is 0.493 e. The Balaban J connectivity index is 3.45. The highest BCUT2D eigenvalue weighted by Gasteiger charge is 2.59. The van der Waals surface area contributed by atoms with Gasteiger partial charge in [-0.15, -0.1) is 26.3 Å². The molecule has 0 saturated heterocycles. The summed E-state index contributed by atoms with van der Waals surface area (Å²) in [6.07, 6.45) is -18.9. The van der Waals surface area contributed by atoms with Crippen LogP contribution in [0.15, 0.2) is 42.0 Å². The minimum absolute atomic E-state index is 0.782. The minimum Gasteiger partial charge on any atom is -0.448 e. The third-order valence-corrected chi connectivity index (χ3v) is 2.11. The van der Waals surface area contributed by atoms with Crippen LogP contribution >= 0.6 is 0 Å². The number of hydrogen-bond donors (Lipinski definition) is 0. The van der Waals surface area contributed by atoms with Crippen molar-refractivity contribution in [3.05, 3.63) is 42.0 Å². The fourth-order valence-electron chi connectivity index (χ4n) is 1.29. The number of halogens is 10. The third-order valence-electron chi connectivity index (χ3n) is 2.11. The fraction of sp³-hybridized carbons (Fsp3) is 0.273. The van der Waals surface area contributed by atoms with E-state index in [1.807, 2.05) is 0 Å². The number of hydrogen-bond acceptors (Lipinski definition) is 2.